The third-order valence-corrected chi connectivity index (χ3v) is 6.74. The van der Waals surface area contributed by atoms with Gasteiger partial charge in [0.1, 0.15) is 5.75 Å². The smallest absolute Gasteiger partial charge is 0.210 e. The minimum Gasteiger partial charge on any atom is -0.490 e. The molecule has 0 aliphatic heterocycles. The van der Waals surface area contributed by atoms with E-state index in [2.05, 4.69) is 62.5 Å². The predicted molar refractivity (Wildman–Crippen MR) is 119 cm³/mol. The Bertz CT molecular complexity index is 927. The largest absolute Gasteiger partial charge is 0.490 e. The Kier molecular flexibility index (Phi) is 6.87. The molecule has 0 spiro atoms. The zero-order chi connectivity index (χ0) is 21.1. The van der Waals surface area contributed by atoms with Gasteiger partial charge in [0.05, 0.1) is 11.9 Å². The zero-order valence-corrected chi connectivity index (χ0v) is 18.6. The van der Waals surface area contributed by atoms with Gasteiger partial charge in [-0.1, -0.05) is 39.0 Å². The topological polar surface area (TPSA) is 81.4 Å². The molecule has 0 amide bonds. The summed E-state index contributed by atoms with van der Waals surface area (Å²) in [5.41, 5.74) is 1.50. The van der Waals surface area contributed by atoms with Gasteiger partial charge in [-0.25, -0.2) is 13.6 Å². The van der Waals surface area contributed by atoms with E-state index >= 15 is 0 Å². The molecule has 0 saturated heterocycles. The summed E-state index contributed by atoms with van der Waals surface area (Å²) in [4.78, 5) is 0. The van der Waals surface area contributed by atoms with Crippen LogP contribution in [0.15, 0.2) is 36.4 Å². The molecule has 160 valence electrons. The molecule has 0 aromatic heterocycles. The van der Waals surface area contributed by atoms with Crippen LogP contribution in [0.25, 0.3) is 10.8 Å². The van der Waals surface area contributed by atoms with E-state index in [1.54, 1.807) is 0 Å². The van der Waals surface area contributed by atoms with E-state index in [-0.39, 0.29) is 5.75 Å². The number of nitrogens with one attached hydrogen (secondary N) is 1. The van der Waals surface area contributed by atoms with Crippen molar-refractivity contribution in [2.45, 2.75) is 59.1 Å². The second-order valence-corrected chi connectivity index (χ2v) is 11.1. The lowest BCUT2D eigenvalue weighted by Gasteiger charge is -2.37. The molecule has 0 radical (unpaired) electrons. The first-order chi connectivity index (χ1) is 13.6. The van der Waals surface area contributed by atoms with Gasteiger partial charge in [0.2, 0.25) is 10.0 Å². The van der Waals surface area contributed by atoms with E-state index < -0.39 is 10.0 Å². The average Bonchev–Trinajstić information content (AvgIpc) is 2.64. The Hall–Kier alpha value is -1.63. The number of benzene rings is 2. The van der Waals surface area contributed by atoms with Crippen molar-refractivity contribution >= 4 is 20.8 Å². The third kappa shape index (κ3) is 6.69. The number of fused-ring (bicyclic) bond motifs is 1. The van der Waals surface area contributed by atoms with Crippen LogP contribution in [0.5, 0.6) is 5.75 Å². The summed E-state index contributed by atoms with van der Waals surface area (Å²) in [7, 11) is -3.42. The van der Waals surface area contributed by atoms with Gasteiger partial charge in [-0.2, -0.15) is 0 Å². The SMILES string of the molecule is CC(C)(C)[C@H]1CC[C@H](Oc2ccc3cc(CNCCS(N)(=O)=O)ccc3c2)CC1. The number of rotatable bonds is 7. The number of hydrogen-bond donors (Lipinski definition) is 2. The van der Waals surface area contributed by atoms with Crippen molar-refractivity contribution < 1.29 is 13.2 Å². The molecule has 1 fully saturated rings. The number of sulfonamides is 1. The molecule has 6 heteroatoms. The molecule has 1 saturated carbocycles. The minimum atomic E-state index is -3.42. The normalized spacial score (nSPS) is 20.7. The van der Waals surface area contributed by atoms with Gasteiger partial charge in [0.25, 0.3) is 0 Å². The highest BCUT2D eigenvalue weighted by atomic mass is 32.2. The van der Waals surface area contributed by atoms with Crippen LogP contribution < -0.4 is 15.2 Å². The van der Waals surface area contributed by atoms with Gasteiger partial charge in [-0.05, 0) is 71.6 Å². The van der Waals surface area contributed by atoms with Gasteiger partial charge in [0, 0.05) is 13.1 Å². The lowest BCUT2D eigenvalue weighted by atomic mass is 9.72. The summed E-state index contributed by atoms with van der Waals surface area (Å²) in [6, 6.07) is 12.5. The summed E-state index contributed by atoms with van der Waals surface area (Å²) < 4.78 is 28.2. The third-order valence-electron chi connectivity index (χ3n) is 5.97. The minimum absolute atomic E-state index is 0.0566. The van der Waals surface area contributed by atoms with Crippen LogP contribution in [0.3, 0.4) is 0 Å². The molecule has 3 N–H and O–H groups in total. The highest BCUT2D eigenvalue weighted by molar-refractivity contribution is 7.89. The fraction of sp³-hybridized carbons (Fsp3) is 0.565. The molecule has 0 bridgehead atoms. The van der Waals surface area contributed by atoms with Crippen LogP contribution in [-0.4, -0.2) is 26.8 Å². The lowest BCUT2D eigenvalue weighted by molar-refractivity contribution is 0.0883. The second kappa shape index (κ2) is 9.02. The van der Waals surface area contributed by atoms with E-state index in [0.717, 1.165) is 40.8 Å². The first-order valence-electron chi connectivity index (χ1n) is 10.5. The quantitative estimate of drug-likeness (QED) is 0.660. The summed E-state index contributed by atoms with van der Waals surface area (Å²) in [6.07, 6.45) is 5.05. The van der Waals surface area contributed by atoms with Crippen molar-refractivity contribution in [3.8, 4) is 5.75 Å². The molecular weight excluding hydrogens is 384 g/mol. The summed E-state index contributed by atoms with van der Waals surface area (Å²) in [5.74, 6) is 1.67. The number of nitrogens with two attached hydrogens (primary N) is 1. The summed E-state index contributed by atoms with van der Waals surface area (Å²) in [5, 5.41) is 10.4. The van der Waals surface area contributed by atoms with Crippen molar-refractivity contribution in [2.75, 3.05) is 12.3 Å². The van der Waals surface area contributed by atoms with Crippen molar-refractivity contribution in [3.05, 3.63) is 42.0 Å². The van der Waals surface area contributed by atoms with E-state index in [9.17, 15) is 8.42 Å². The lowest BCUT2D eigenvalue weighted by Crippen LogP contribution is -2.30. The standard InChI is InChI=1S/C23H34N2O3S/c1-23(2,3)20-7-10-21(11-8-20)28-22-9-6-18-14-17(4-5-19(18)15-22)16-25-12-13-29(24,26)27/h4-6,9,14-15,20-21,25H,7-8,10-13,16H2,1-3H3,(H2,24,26,27)/t20-,21-. The van der Waals surface area contributed by atoms with E-state index in [0.29, 0.717) is 24.6 Å². The fourth-order valence-corrected chi connectivity index (χ4v) is 4.57. The maximum absolute atomic E-state index is 11.0. The first kappa shape index (κ1) is 22.1. The Balaban J connectivity index is 1.55. The molecular formula is C23H34N2O3S. The van der Waals surface area contributed by atoms with Crippen LogP contribution in [-0.2, 0) is 16.6 Å². The zero-order valence-electron chi connectivity index (χ0n) is 17.8. The average molecular weight is 419 g/mol. The van der Waals surface area contributed by atoms with E-state index in [1.165, 1.54) is 12.8 Å². The van der Waals surface area contributed by atoms with Crippen molar-refractivity contribution in [3.63, 3.8) is 0 Å². The molecule has 5 nitrogen and oxygen atoms in total. The maximum Gasteiger partial charge on any atom is 0.210 e. The monoisotopic (exact) mass is 418 g/mol. The Labute approximate surface area is 175 Å². The Morgan fingerprint density at radius 1 is 1.03 bits per heavy atom. The molecule has 0 unspecified atom stereocenters. The van der Waals surface area contributed by atoms with Gasteiger partial charge < -0.3 is 10.1 Å². The second-order valence-electron chi connectivity index (χ2n) is 9.34. The van der Waals surface area contributed by atoms with Gasteiger partial charge in [0.15, 0.2) is 0 Å². The molecule has 2 aromatic carbocycles. The van der Waals surface area contributed by atoms with Gasteiger partial charge in [-0.3, -0.25) is 0 Å². The molecule has 1 aliphatic carbocycles. The summed E-state index contributed by atoms with van der Waals surface area (Å²) >= 11 is 0. The number of hydrogen-bond acceptors (Lipinski definition) is 4. The highest BCUT2D eigenvalue weighted by Gasteiger charge is 2.30. The molecule has 3 rings (SSSR count). The van der Waals surface area contributed by atoms with Gasteiger partial charge in [-0.15, -0.1) is 0 Å². The summed E-state index contributed by atoms with van der Waals surface area (Å²) in [6.45, 7) is 7.98. The highest BCUT2D eigenvalue weighted by Crippen LogP contribution is 2.39. The van der Waals surface area contributed by atoms with Crippen molar-refractivity contribution in [2.24, 2.45) is 16.5 Å². The Morgan fingerprint density at radius 3 is 2.34 bits per heavy atom. The number of ether oxygens (including phenoxy) is 1. The van der Waals surface area contributed by atoms with Crippen LogP contribution in [0, 0.1) is 11.3 Å². The molecule has 29 heavy (non-hydrogen) atoms. The molecule has 2 aromatic rings. The van der Waals surface area contributed by atoms with Crippen LogP contribution in [0.4, 0.5) is 0 Å². The first-order valence-corrected chi connectivity index (χ1v) is 12.2. The van der Waals surface area contributed by atoms with Crippen molar-refractivity contribution in [1.82, 2.24) is 5.32 Å². The van der Waals surface area contributed by atoms with Crippen LogP contribution >= 0.6 is 0 Å². The fourth-order valence-electron chi connectivity index (χ4n) is 4.14. The van der Waals surface area contributed by atoms with E-state index in [4.69, 9.17) is 9.88 Å². The molecule has 0 heterocycles. The molecule has 1 aliphatic rings. The van der Waals surface area contributed by atoms with Crippen LogP contribution in [0.1, 0.15) is 52.0 Å². The maximum atomic E-state index is 11.0. The van der Waals surface area contributed by atoms with Crippen LogP contribution in [0.2, 0.25) is 0 Å². The number of primary sulfonamides is 1. The predicted octanol–water partition coefficient (Wildman–Crippen LogP) is 4.20. The Morgan fingerprint density at radius 2 is 1.69 bits per heavy atom. The van der Waals surface area contributed by atoms with Crippen molar-refractivity contribution in [1.29, 1.82) is 0 Å². The molecule has 0 atom stereocenters. The van der Waals surface area contributed by atoms with E-state index in [1.807, 2.05) is 0 Å². The van der Waals surface area contributed by atoms with Gasteiger partial charge >= 0.3 is 0 Å².